The zero-order chi connectivity index (χ0) is 47.1. The molecule has 2 N–H and O–H groups in total. The minimum absolute atomic E-state index is 0.0286. The fourth-order valence-electron chi connectivity index (χ4n) is 8.76. The van der Waals surface area contributed by atoms with Crippen LogP contribution in [0.2, 0.25) is 0 Å². The van der Waals surface area contributed by atoms with Gasteiger partial charge in [0.1, 0.15) is 0 Å². The molecule has 0 saturated heterocycles. The Labute approximate surface area is 376 Å². The molecule has 0 saturated carbocycles. The van der Waals surface area contributed by atoms with Crippen LogP contribution in [-0.2, 0) is 21.9 Å². The normalized spacial score (nSPS) is 18.7. The lowest BCUT2D eigenvalue weighted by Gasteiger charge is -2.34. The molecular weight excluding hydrogens is 865 g/mol. The van der Waals surface area contributed by atoms with Crippen LogP contribution in [0.4, 0.5) is 47.3 Å². The van der Waals surface area contributed by atoms with Crippen LogP contribution in [0, 0.1) is 24.7 Å². The van der Waals surface area contributed by atoms with Crippen LogP contribution >= 0.6 is 0 Å². The molecule has 8 rings (SSSR count). The molecule has 0 radical (unpaired) electrons. The summed E-state index contributed by atoms with van der Waals surface area (Å²) < 4.78 is 82.5. The molecule has 11 nitrogen and oxygen atoms in total. The van der Waals surface area contributed by atoms with Gasteiger partial charge in [-0.05, 0) is 105 Å². The SMILES string of the molecule is C#Cc1ccc([C@H]2NC(=O)N(c3cccc(C(F)(F)F)c3)C3=C2C(=O)N(CCCN(C)CCCN2CC4=C(C2=O)[C@@H](c2ccc(C#C)cc2)NC(=O)N4c2cccc(C(F)(F)F)c2)C3)cc1. The maximum absolute atomic E-state index is 14.2. The summed E-state index contributed by atoms with van der Waals surface area (Å²) in [5.74, 6) is 4.29. The Morgan fingerprint density at radius 2 is 0.985 bits per heavy atom. The third kappa shape index (κ3) is 8.82. The first kappa shape index (κ1) is 45.1. The summed E-state index contributed by atoms with van der Waals surface area (Å²) in [5, 5.41) is 5.63. The van der Waals surface area contributed by atoms with Crippen LogP contribution in [0.5, 0.6) is 0 Å². The molecule has 4 aliphatic rings. The van der Waals surface area contributed by atoms with E-state index in [0.29, 0.717) is 48.2 Å². The van der Waals surface area contributed by atoms with Gasteiger partial charge in [0.15, 0.2) is 0 Å². The van der Waals surface area contributed by atoms with Crippen molar-refractivity contribution in [3.8, 4) is 24.7 Å². The van der Waals surface area contributed by atoms with Crippen LogP contribution in [0.15, 0.2) is 120 Å². The van der Waals surface area contributed by atoms with Gasteiger partial charge in [0.2, 0.25) is 0 Å². The zero-order valence-electron chi connectivity index (χ0n) is 35.3. The number of hydrogen-bond donors (Lipinski definition) is 2. The number of carbonyl (C=O) groups excluding carboxylic acids is 4. The van der Waals surface area contributed by atoms with Crippen LogP contribution in [0.25, 0.3) is 0 Å². The van der Waals surface area contributed by atoms with Gasteiger partial charge in [0, 0.05) is 24.2 Å². The Kier molecular flexibility index (Phi) is 12.2. The fourth-order valence-corrected chi connectivity index (χ4v) is 8.76. The largest absolute Gasteiger partial charge is 0.416 e. The summed E-state index contributed by atoms with van der Waals surface area (Å²) in [7, 11) is 1.87. The standard InChI is InChI=1S/C49H41F6N7O4/c1-4-30-14-18-32(19-15-30)42-40-38(61(46(65)56-42)36-12-6-10-34(26-36)48(50,51)52)28-59(44(40)63)24-8-22-58(3)23-9-25-60-29-39-41(45(60)64)43(33-20-16-31(5-2)17-21-33)57-47(66)62(39)37-13-7-11-35(27-37)49(53,54)55/h1-2,6-7,10-21,26-27,42-43H,8-9,22-25,28-29H2,3H3,(H,56,65)(H,57,66)/t42-,43-/m1/s1. The highest BCUT2D eigenvalue weighted by atomic mass is 19.4. The smallest absolute Gasteiger partial charge is 0.333 e. The molecule has 2 atom stereocenters. The monoisotopic (exact) mass is 905 g/mol. The lowest BCUT2D eigenvalue weighted by Crippen LogP contribution is -2.47. The number of amides is 6. The number of halogens is 6. The second kappa shape index (κ2) is 17.8. The van der Waals surface area contributed by atoms with E-state index in [0.717, 1.165) is 34.1 Å². The van der Waals surface area contributed by atoms with Crippen LogP contribution < -0.4 is 20.4 Å². The maximum atomic E-state index is 14.2. The average Bonchev–Trinajstić information content (AvgIpc) is 3.79. The quantitative estimate of drug-likeness (QED) is 0.111. The minimum atomic E-state index is -4.67. The van der Waals surface area contributed by atoms with E-state index < -0.39 is 47.6 Å². The molecule has 0 aromatic heterocycles. The molecule has 4 aromatic carbocycles. The van der Waals surface area contributed by atoms with Crippen LogP contribution in [0.3, 0.4) is 0 Å². The van der Waals surface area contributed by atoms with E-state index in [1.807, 2.05) is 11.9 Å². The molecule has 0 unspecified atom stereocenters. The molecule has 4 heterocycles. The predicted molar refractivity (Wildman–Crippen MR) is 233 cm³/mol. The van der Waals surface area contributed by atoms with Crippen molar-refractivity contribution in [2.75, 3.05) is 56.1 Å². The number of nitrogens with one attached hydrogen (secondary N) is 2. The zero-order valence-corrected chi connectivity index (χ0v) is 35.3. The van der Waals surface area contributed by atoms with Gasteiger partial charge in [-0.1, -0.05) is 48.2 Å². The third-order valence-electron chi connectivity index (χ3n) is 12.0. The Morgan fingerprint density at radius 1 is 0.606 bits per heavy atom. The summed E-state index contributed by atoms with van der Waals surface area (Å²) in [6, 6.07) is 19.0. The number of benzene rings is 4. The van der Waals surface area contributed by atoms with E-state index in [1.54, 1.807) is 58.3 Å². The fraction of sp³-hybridized carbons (Fsp3) is 0.265. The molecule has 4 aliphatic heterocycles. The van der Waals surface area contributed by atoms with Gasteiger partial charge in [-0.15, -0.1) is 12.8 Å². The number of carbonyl (C=O) groups is 4. The molecule has 4 aromatic rings. The number of hydrogen-bond acceptors (Lipinski definition) is 5. The number of nitrogens with zero attached hydrogens (tertiary/aromatic N) is 5. The van der Waals surface area contributed by atoms with E-state index in [2.05, 4.69) is 22.5 Å². The highest BCUT2D eigenvalue weighted by molar-refractivity contribution is 6.08. The Hall–Kier alpha value is -7.50. The van der Waals surface area contributed by atoms with Crippen molar-refractivity contribution in [3.05, 3.63) is 153 Å². The Balaban J connectivity index is 0.934. The first-order valence-electron chi connectivity index (χ1n) is 20.9. The van der Waals surface area contributed by atoms with Crippen LogP contribution in [-0.4, -0.2) is 84.9 Å². The lowest BCUT2D eigenvalue weighted by atomic mass is 9.94. The topological polar surface area (TPSA) is 109 Å². The van der Waals surface area contributed by atoms with Gasteiger partial charge in [-0.3, -0.25) is 19.4 Å². The van der Waals surface area contributed by atoms with Gasteiger partial charge in [-0.25, -0.2) is 9.59 Å². The van der Waals surface area contributed by atoms with Crippen molar-refractivity contribution in [1.29, 1.82) is 0 Å². The number of terminal acetylenes is 2. The van der Waals surface area contributed by atoms with Gasteiger partial charge in [0.25, 0.3) is 11.8 Å². The first-order chi connectivity index (χ1) is 31.5. The molecule has 0 aliphatic carbocycles. The van der Waals surface area contributed by atoms with Crippen LogP contribution in [0.1, 0.15) is 58.3 Å². The van der Waals surface area contributed by atoms with Crippen molar-refractivity contribution in [2.24, 2.45) is 0 Å². The van der Waals surface area contributed by atoms with Gasteiger partial charge < -0.3 is 25.3 Å². The summed E-state index contributed by atoms with van der Waals surface area (Å²) >= 11 is 0. The van der Waals surface area contributed by atoms with Crippen molar-refractivity contribution in [2.45, 2.75) is 37.3 Å². The van der Waals surface area contributed by atoms with Crippen molar-refractivity contribution >= 4 is 35.3 Å². The molecule has 17 heteroatoms. The molecule has 0 bridgehead atoms. The van der Waals surface area contributed by atoms with E-state index in [9.17, 15) is 45.5 Å². The van der Waals surface area contributed by atoms with E-state index in [1.165, 1.54) is 24.3 Å². The highest BCUT2D eigenvalue weighted by Gasteiger charge is 2.47. The average molecular weight is 906 g/mol. The summed E-state index contributed by atoms with van der Waals surface area (Å²) in [6.07, 6.45) is 2.69. The predicted octanol–water partition coefficient (Wildman–Crippen LogP) is 7.83. The molecule has 0 spiro atoms. The van der Waals surface area contributed by atoms with Gasteiger partial charge >= 0.3 is 24.4 Å². The number of rotatable bonds is 12. The molecule has 0 fully saturated rings. The second-order valence-electron chi connectivity index (χ2n) is 16.2. The van der Waals surface area contributed by atoms with Gasteiger partial charge in [0.05, 0.1) is 70.2 Å². The first-order valence-corrected chi connectivity index (χ1v) is 20.9. The van der Waals surface area contributed by atoms with Crippen molar-refractivity contribution in [1.82, 2.24) is 25.3 Å². The van der Waals surface area contributed by atoms with E-state index in [-0.39, 0.29) is 71.9 Å². The summed E-state index contributed by atoms with van der Waals surface area (Å²) in [6.45, 7) is 1.44. The third-order valence-corrected chi connectivity index (χ3v) is 12.0. The van der Waals surface area contributed by atoms with E-state index >= 15 is 0 Å². The van der Waals surface area contributed by atoms with Crippen molar-refractivity contribution in [3.63, 3.8) is 0 Å². The molecule has 338 valence electrons. The highest BCUT2D eigenvalue weighted by Crippen LogP contribution is 2.42. The number of anilines is 2. The van der Waals surface area contributed by atoms with E-state index in [4.69, 9.17) is 12.8 Å². The maximum Gasteiger partial charge on any atom is 0.416 e. The molecule has 66 heavy (non-hydrogen) atoms. The lowest BCUT2D eigenvalue weighted by molar-refractivity contribution is -0.138. The molecule has 6 amide bonds. The summed E-state index contributed by atoms with van der Waals surface area (Å²) in [4.78, 5) is 63.1. The second-order valence-corrected chi connectivity index (χ2v) is 16.2. The van der Waals surface area contributed by atoms with Crippen molar-refractivity contribution < 1.29 is 45.5 Å². The minimum Gasteiger partial charge on any atom is -0.333 e. The summed E-state index contributed by atoms with van der Waals surface area (Å²) in [5.41, 5.74) is 1.32. The van der Waals surface area contributed by atoms with Gasteiger partial charge in [-0.2, -0.15) is 26.3 Å². The Bertz CT molecular complexity index is 2570. The number of alkyl halides is 6. The molecular formula is C49H41F6N7O4. The number of urea groups is 2. The Morgan fingerprint density at radius 3 is 1.33 bits per heavy atom.